The van der Waals surface area contributed by atoms with Gasteiger partial charge in [-0.1, -0.05) is 60.2 Å². The molecular formula is C27H25N3O4S. The average Bonchev–Trinajstić information content (AvgIpc) is 2.84. The molecule has 2 amide bonds. The summed E-state index contributed by atoms with van der Waals surface area (Å²) in [5.74, 6) is -0.637. The lowest BCUT2D eigenvalue weighted by Crippen LogP contribution is -2.33. The molecule has 0 bridgehead atoms. The Bertz CT molecular complexity index is 1460. The van der Waals surface area contributed by atoms with Gasteiger partial charge in [0.15, 0.2) is 0 Å². The van der Waals surface area contributed by atoms with Gasteiger partial charge in [0.1, 0.15) is 0 Å². The highest BCUT2D eigenvalue weighted by Crippen LogP contribution is 2.20. The van der Waals surface area contributed by atoms with Crippen LogP contribution >= 0.6 is 0 Å². The zero-order chi connectivity index (χ0) is 24.8. The Kier molecular flexibility index (Phi) is 7.12. The van der Waals surface area contributed by atoms with E-state index in [0.29, 0.717) is 11.4 Å². The van der Waals surface area contributed by atoms with Gasteiger partial charge in [-0.05, 0) is 59.7 Å². The monoisotopic (exact) mass is 487 g/mol. The number of aryl methyl sites for hydroxylation is 1. The van der Waals surface area contributed by atoms with Crippen LogP contribution in [0.4, 0.5) is 11.4 Å². The van der Waals surface area contributed by atoms with Crippen LogP contribution in [0.15, 0.2) is 95.9 Å². The van der Waals surface area contributed by atoms with Crippen molar-refractivity contribution in [2.45, 2.75) is 18.2 Å². The number of amides is 2. The largest absolute Gasteiger partial charge is 0.347 e. The van der Waals surface area contributed by atoms with Crippen LogP contribution in [0.1, 0.15) is 11.1 Å². The Balaban J connectivity index is 1.29. The van der Waals surface area contributed by atoms with E-state index in [1.165, 1.54) is 0 Å². The molecule has 0 saturated carbocycles. The number of sulfonamides is 1. The maximum atomic E-state index is 12.5. The Hall–Kier alpha value is -4.17. The van der Waals surface area contributed by atoms with E-state index >= 15 is 0 Å². The minimum atomic E-state index is -3.71. The third-order valence-electron chi connectivity index (χ3n) is 5.43. The molecule has 8 heteroatoms. The van der Waals surface area contributed by atoms with Gasteiger partial charge in [0.05, 0.1) is 17.9 Å². The van der Waals surface area contributed by atoms with Crippen molar-refractivity contribution < 1.29 is 18.0 Å². The molecule has 178 valence electrons. The first-order valence-electron chi connectivity index (χ1n) is 11.0. The van der Waals surface area contributed by atoms with Gasteiger partial charge in [-0.15, -0.1) is 0 Å². The first-order valence-corrected chi connectivity index (χ1v) is 12.5. The van der Waals surface area contributed by atoms with Crippen molar-refractivity contribution in [3.63, 3.8) is 0 Å². The van der Waals surface area contributed by atoms with E-state index in [0.717, 1.165) is 21.9 Å². The second-order valence-corrected chi connectivity index (χ2v) is 9.82. The summed E-state index contributed by atoms with van der Waals surface area (Å²) in [6, 6.07) is 26.5. The van der Waals surface area contributed by atoms with Gasteiger partial charge in [-0.25, -0.2) is 8.42 Å². The number of nitrogens with one attached hydrogen (secondary N) is 3. The number of carbonyl (C=O) groups excluding carboxylic acids is 2. The van der Waals surface area contributed by atoms with Crippen molar-refractivity contribution in [2.24, 2.45) is 0 Å². The fraction of sp³-hybridized carbons (Fsp3) is 0.111. The summed E-state index contributed by atoms with van der Waals surface area (Å²) in [5, 5.41) is 7.39. The zero-order valence-electron chi connectivity index (χ0n) is 19.1. The van der Waals surface area contributed by atoms with Crippen LogP contribution < -0.4 is 15.4 Å². The van der Waals surface area contributed by atoms with Crippen LogP contribution in [0.3, 0.4) is 0 Å². The van der Waals surface area contributed by atoms with Crippen molar-refractivity contribution in [1.82, 2.24) is 5.32 Å². The lowest BCUT2D eigenvalue weighted by Gasteiger charge is -2.11. The Labute approximate surface area is 204 Å². The molecule has 0 aliphatic carbocycles. The zero-order valence-corrected chi connectivity index (χ0v) is 19.9. The molecule has 0 fully saturated rings. The highest BCUT2D eigenvalue weighted by Gasteiger charge is 2.14. The standard InChI is InChI=1S/C27H25N3O4S/c1-19-9-15-24(16-10-19)35(33,34)30-23-13-11-22(12-14-23)29-27(32)18-28-26(31)17-21-7-4-6-20-5-2-3-8-25(20)21/h2-16,30H,17-18H2,1H3,(H,28,31)(H,29,32). The molecule has 0 atom stereocenters. The molecule has 0 heterocycles. The Morgan fingerprint density at radius 3 is 2.14 bits per heavy atom. The molecule has 0 aliphatic rings. The molecular weight excluding hydrogens is 462 g/mol. The number of hydrogen-bond acceptors (Lipinski definition) is 4. The summed E-state index contributed by atoms with van der Waals surface area (Å²) in [6.45, 7) is 1.71. The number of carbonyl (C=O) groups is 2. The number of fused-ring (bicyclic) bond motifs is 1. The summed E-state index contributed by atoms with van der Waals surface area (Å²) in [7, 11) is -3.71. The quantitative estimate of drug-likeness (QED) is 0.346. The number of benzene rings is 4. The molecule has 4 aromatic carbocycles. The Morgan fingerprint density at radius 2 is 1.40 bits per heavy atom. The van der Waals surface area contributed by atoms with Crippen LogP contribution in [0.2, 0.25) is 0 Å². The summed E-state index contributed by atoms with van der Waals surface area (Å²) in [4.78, 5) is 24.8. The van der Waals surface area contributed by atoms with Crippen molar-refractivity contribution in [3.8, 4) is 0 Å². The molecule has 4 rings (SSSR count). The van der Waals surface area contributed by atoms with E-state index in [4.69, 9.17) is 0 Å². The topological polar surface area (TPSA) is 104 Å². The van der Waals surface area contributed by atoms with Gasteiger partial charge in [0, 0.05) is 11.4 Å². The van der Waals surface area contributed by atoms with Crippen molar-refractivity contribution in [1.29, 1.82) is 0 Å². The predicted molar refractivity (Wildman–Crippen MR) is 138 cm³/mol. The van der Waals surface area contributed by atoms with Gasteiger partial charge < -0.3 is 10.6 Å². The van der Waals surface area contributed by atoms with Gasteiger partial charge in [0.25, 0.3) is 10.0 Å². The van der Waals surface area contributed by atoms with E-state index in [1.54, 1.807) is 48.5 Å². The second kappa shape index (κ2) is 10.4. The lowest BCUT2D eigenvalue weighted by atomic mass is 10.0. The first-order chi connectivity index (χ1) is 16.8. The summed E-state index contributed by atoms with van der Waals surface area (Å²) in [6.07, 6.45) is 0.171. The van der Waals surface area contributed by atoms with Gasteiger partial charge >= 0.3 is 0 Å². The number of hydrogen-bond donors (Lipinski definition) is 3. The highest BCUT2D eigenvalue weighted by atomic mass is 32.2. The highest BCUT2D eigenvalue weighted by molar-refractivity contribution is 7.92. The van der Waals surface area contributed by atoms with Gasteiger partial charge in [-0.3, -0.25) is 14.3 Å². The third-order valence-corrected chi connectivity index (χ3v) is 6.83. The minimum Gasteiger partial charge on any atom is -0.347 e. The SMILES string of the molecule is Cc1ccc(S(=O)(=O)Nc2ccc(NC(=O)CNC(=O)Cc3cccc4ccccc34)cc2)cc1. The number of rotatable bonds is 8. The Morgan fingerprint density at radius 1 is 0.743 bits per heavy atom. The third kappa shape index (κ3) is 6.24. The molecule has 4 aromatic rings. The fourth-order valence-electron chi connectivity index (χ4n) is 3.62. The van der Waals surface area contributed by atoms with Gasteiger partial charge in [-0.2, -0.15) is 0 Å². The molecule has 0 unspecified atom stereocenters. The minimum absolute atomic E-state index is 0.166. The average molecular weight is 488 g/mol. The molecule has 0 aromatic heterocycles. The maximum Gasteiger partial charge on any atom is 0.261 e. The van der Waals surface area contributed by atoms with Crippen LogP contribution in [-0.4, -0.2) is 26.8 Å². The molecule has 0 saturated heterocycles. The van der Waals surface area contributed by atoms with E-state index in [9.17, 15) is 18.0 Å². The van der Waals surface area contributed by atoms with Crippen molar-refractivity contribution in [3.05, 3.63) is 102 Å². The van der Waals surface area contributed by atoms with Crippen LogP contribution in [-0.2, 0) is 26.0 Å². The predicted octanol–water partition coefficient (Wildman–Crippen LogP) is 4.25. The van der Waals surface area contributed by atoms with E-state index < -0.39 is 10.0 Å². The first kappa shape index (κ1) is 24.0. The normalized spacial score (nSPS) is 11.1. The molecule has 35 heavy (non-hydrogen) atoms. The fourth-order valence-corrected chi connectivity index (χ4v) is 4.68. The maximum absolute atomic E-state index is 12.5. The van der Waals surface area contributed by atoms with E-state index in [1.807, 2.05) is 49.4 Å². The second-order valence-electron chi connectivity index (χ2n) is 8.14. The van der Waals surface area contributed by atoms with Crippen molar-refractivity contribution >= 4 is 44.0 Å². The van der Waals surface area contributed by atoms with E-state index in [2.05, 4.69) is 15.4 Å². The number of anilines is 2. The molecule has 7 nitrogen and oxygen atoms in total. The van der Waals surface area contributed by atoms with Crippen LogP contribution in [0.25, 0.3) is 10.8 Å². The summed E-state index contributed by atoms with van der Waals surface area (Å²) < 4.78 is 27.5. The molecule has 0 spiro atoms. The summed E-state index contributed by atoms with van der Waals surface area (Å²) in [5.41, 5.74) is 2.71. The van der Waals surface area contributed by atoms with Crippen LogP contribution in [0, 0.1) is 6.92 Å². The smallest absolute Gasteiger partial charge is 0.261 e. The van der Waals surface area contributed by atoms with Crippen LogP contribution in [0.5, 0.6) is 0 Å². The van der Waals surface area contributed by atoms with Crippen molar-refractivity contribution in [2.75, 3.05) is 16.6 Å². The lowest BCUT2D eigenvalue weighted by molar-refractivity contribution is -0.123. The van der Waals surface area contributed by atoms with E-state index in [-0.39, 0.29) is 29.7 Å². The molecule has 0 radical (unpaired) electrons. The molecule has 3 N–H and O–H groups in total. The van der Waals surface area contributed by atoms with Gasteiger partial charge in [0.2, 0.25) is 11.8 Å². The summed E-state index contributed by atoms with van der Waals surface area (Å²) >= 11 is 0. The molecule has 0 aliphatic heterocycles.